The topological polar surface area (TPSA) is 86.9 Å². The van der Waals surface area contributed by atoms with Gasteiger partial charge in [0.25, 0.3) is 5.91 Å². The van der Waals surface area contributed by atoms with E-state index < -0.39 is 5.91 Å². The smallest absolute Gasteiger partial charge is 0.254 e. The number of carbonyl (C=O) groups is 1. The van der Waals surface area contributed by atoms with Crippen molar-refractivity contribution in [3.63, 3.8) is 0 Å². The second-order valence-electron chi connectivity index (χ2n) is 3.41. The molecule has 13 heavy (non-hydrogen) atoms. The molecule has 5 heteroatoms. The van der Waals surface area contributed by atoms with Crippen LogP contribution in [0.1, 0.15) is 34.8 Å². The van der Waals surface area contributed by atoms with Gasteiger partial charge in [0.2, 0.25) is 0 Å². The number of aryl methyl sites for hydroxylation is 1. The van der Waals surface area contributed by atoms with Crippen molar-refractivity contribution >= 4 is 11.7 Å². The summed E-state index contributed by atoms with van der Waals surface area (Å²) in [5.74, 6) is 0.285. The Morgan fingerprint density at radius 3 is 2.69 bits per heavy atom. The van der Waals surface area contributed by atoms with Crippen molar-refractivity contribution < 1.29 is 4.79 Å². The highest BCUT2D eigenvalue weighted by Gasteiger charge is 2.32. The number of nitrogen functional groups attached to an aromatic ring is 1. The molecule has 0 atom stereocenters. The number of rotatable bonds is 2. The van der Waals surface area contributed by atoms with Gasteiger partial charge in [-0.25, -0.2) is 0 Å². The molecule has 1 aliphatic carbocycles. The van der Waals surface area contributed by atoms with Crippen LogP contribution in [-0.2, 0) is 7.05 Å². The molecule has 0 saturated heterocycles. The second-order valence-corrected chi connectivity index (χ2v) is 3.41. The van der Waals surface area contributed by atoms with Crippen LogP contribution in [0.4, 0.5) is 5.82 Å². The Kier molecular flexibility index (Phi) is 1.55. The zero-order chi connectivity index (χ0) is 9.59. The molecule has 0 unspecified atom stereocenters. The first-order valence-electron chi connectivity index (χ1n) is 4.23. The number of amides is 1. The number of hydrogen-bond acceptors (Lipinski definition) is 3. The molecule has 1 amide bonds. The average molecular weight is 180 g/mol. The average Bonchev–Trinajstić information content (AvgIpc) is 2.80. The Hall–Kier alpha value is -1.52. The van der Waals surface area contributed by atoms with Crippen LogP contribution in [-0.4, -0.2) is 15.7 Å². The minimum Gasteiger partial charge on any atom is -0.383 e. The Labute approximate surface area is 75.7 Å². The predicted octanol–water partition coefficient (Wildman–Crippen LogP) is -0.0214. The normalized spacial score (nSPS) is 16.1. The van der Waals surface area contributed by atoms with Crippen LogP contribution in [0.3, 0.4) is 0 Å². The molecule has 1 aromatic heterocycles. The van der Waals surface area contributed by atoms with Crippen LogP contribution in [0.15, 0.2) is 0 Å². The van der Waals surface area contributed by atoms with Crippen LogP contribution in [0.2, 0.25) is 0 Å². The lowest BCUT2D eigenvalue weighted by atomic mass is 10.1. The van der Waals surface area contributed by atoms with E-state index in [0.717, 1.165) is 18.5 Å². The quantitative estimate of drug-likeness (QED) is 0.670. The van der Waals surface area contributed by atoms with E-state index in [9.17, 15) is 4.79 Å². The lowest BCUT2D eigenvalue weighted by molar-refractivity contribution is 0.1000. The second kappa shape index (κ2) is 2.48. The number of hydrogen-bond donors (Lipinski definition) is 2. The molecule has 0 spiro atoms. The SMILES string of the molecule is Cn1nc(C2CC2)c(C(N)=O)c1N. The number of nitrogens with zero attached hydrogens (tertiary/aromatic N) is 2. The summed E-state index contributed by atoms with van der Waals surface area (Å²) in [5.41, 5.74) is 12.1. The highest BCUT2D eigenvalue weighted by atomic mass is 16.1. The van der Waals surface area contributed by atoms with Gasteiger partial charge in [-0.05, 0) is 12.8 Å². The third-order valence-corrected chi connectivity index (χ3v) is 2.33. The van der Waals surface area contributed by atoms with Crippen LogP contribution in [0.5, 0.6) is 0 Å². The first kappa shape index (κ1) is 8.10. The first-order valence-corrected chi connectivity index (χ1v) is 4.23. The van der Waals surface area contributed by atoms with E-state index in [0.29, 0.717) is 17.3 Å². The van der Waals surface area contributed by atoms with Gasteiger partial charge in [-0.3, -0.25) is 9.48 Å². The fourth-order valence-electron chi connectivity index (χ4n) is 1.45. The van der Waals surface area contributed by atoms with Crippen molar-refractivity contribution in [2.24, 2.45) is 12.8 Å². The fourth-order valence-corrected chi connectivity index (χ4v) is 1.45. The molecule has 1 heterocycles. The summed E-state index contributed by atoms with van der Waals surface area (Å²) in [4.78, 5) is 11.1. The number of nitrogens with two attached hydrogens (primary N) is 2. The maximum absolute atomic E-state index is 11.1. The predicted molar refractivity (Wildman–Crippen MR) is 48.1 cm³/mol. The van der Waals surface area contributed by atoms with Crippen molar-refractivity contribution in [3.8, 4) is 0 Å². The summed E-state index contributed by atoms with van der Waals surface area (Å²) in [7, 11) is 1.72. The van der Waals surface area contributed by atoms with Gasteiger partial charge in [0.1, 0.15) is 11.4 Å². The molecule has 0 bridgehead atoms. The number of aromatic nitrogens is 2. The molecule has 70 valence electrons. The van der Waals surface area contributed by atoms with Gasteiger partial charge in [-0.2, -0.15) is 5.10 Å². The Morgan fingerprint density at radius 1 is 1.62 bits per heavy atom. The minimum atomic E-state index is -0.479. The van der Waals surface area contributed by atoms with Gasteiger partial charge in [0, 0.05) is 13.0 Å². The van der Waals surface area contributed by atoms with Gasteiger partial charge < -0.3 is 11.5 Å². The summed E-state index contributed by atoms with van der Waals surface area (Å²) in [6, 6.07) is 0. The van der Waals surface area contributed by atoms with Gasteiger partial charge >= 0.3 is 0 Å². The van der Waals surface area contributed by atoms with Crippen molar-refractivity contribution in [1.82, 2.24) is 9.78 Å². The van der Waals surface area contributed by atoms with Gasteiger partial charge in [0.05, 0.1) is 5.69 Å². The summed E-state index contributed by atoms with van der Waals surface area (Å²) < 4.78 is 1.51. The molecule has 0 aromatic carbocycles. The molecule has 0 radical (unpaired) electrons. The summed E-state index contributed by atoms with van der Waals surface area (Å²) in [6.45, 7) is 0. The van der Waals surface area contributed by atoms with Crippen LogP contribution >= 0.6 is 0 Å². The zero-order valence-corrected chi connectivity index (χ0v) is 7.45. The van der Waals surface area contributed by atoms with Crippen LogP contribution < -0.4 is 11.5 Å². The Bertz CT molecular complexity index is 364. The van der Waals surface area contributed by atoms with Gasteiger partial charge in [0.15, 0.2) is 0 Å². The van der Waals surface area contributed by atoms with Gasteiger partial charge in [-0.15, -0.1) is 0 Å². The standard InChI is InChI=1S/C8H12N4O/c1-12-7(9)5(8(10)13)6(11-12)4-2-3-4/h4H,2-3,9H2,1H3,(H2,10,13). The summed E-state index contributed by atoms with van der Waals surface area (Å²) >= 11 is 0. The summed E-state index contributed by atoms with van der Waals surface area (Å²) in [6.07, 6.45) is 2.16. The molecule has 1 aliphatic rings. The molecule has 1 saturated carbocycles. The highest BCUT2D eigenvalue weighted by molar-refractivity contribution is 5.98. The highest BCUT2D eigenvalue weighted by Crippen LogP contribution is 2.41. The number of primary amides is 1. The third kappa shape index (κ3) is 1.16. The molecule has 5 nitrogen and oxygen atoms in total. The lowest BCUT2D eigenvalue weighted by Gasteiger charge is -1.95. The monoisotopic (exact) mass is 180 g/mol. The van der Waals surface area contributed by atoms with Crippen molar-refractivity contribution in [3.05, 3.63) is 11.3 Å². The maximum atomic E-state index is 11.1. The molecule has 0 aliphatic heterocycles. The van der Waals surface area contributed by atoms with Crippen LogP contribution in [0.25, 0.3) is 0 Å². The van der Waals surface area contributed by atoms with E-state index in [1.165, 1.54) is 4.68 Å². The van der Waals surface area contributed by atoms with Gasteiger partial charge in [-0.1, -0.05) is 0 Å². The molecule has 2 rings (SSSR count). The van der Waals surface area contributed by atoms with E-state index in [1.54, 1.807) is 7.05 Å². The minimum absolute atomic E-state index is 0.370. The van der Waals surface area contributed by atoms with E-state index in [1.807, 2.05) is 0 Å². The van der Waals surface area contributed by atoms with Crippen LogP contribution in [0, 0.1) is 0 Å². The van der Waals surface area contributed by atoms with E-state index >= 15 is 0 Å². The molecule has 1 fully saturated rings. The van der Waals surface area contributed by atoms with E-state index in [2.05, 4.69) is 5.10 Å². The molecule has 1 aromatic rings. The first-order chi connectivity index (χ1) is 6.11. The van der Waals surface area contributed by atoms with Crippen molar-refractivity contribution in [2.75, 3.05) is 5.73 Å². The van der Waals surface area contributed by atoms with Crippen molar-refractivity contribution in [2.45, 2.75) is 18.8 Å². The van der Waals surface area contributed by atoms with E-state index in [4.69, 9.17) is 11.5 Å². The molecule has 4 N–H and O–H groups in total. The van der Waals surface area contributed by atoms with Crippen molar-refractivity contribution in [1.29, 1.82) is 0 Å². The number of anilines is 1. The number of carbonyl (C=O) groups excluding carboxylic acids is 1. The Balaban J connectivity index is 2.54. The zero-order valence-electron chi connectivity index (χ0n) is 7.45. The Morgan fingerprint density at radius 2 is 2.23 bits per heavy atom. The van der Waals surface area contributed by atoms with E-state index in [-0.39, 0.29) is 0 Å². The maximum Gasteiger partial charge on any atom is 0.254 e. The molecular formula is C8H12N4O. The molecular weight excluding hydrogens is 168 g/mol. The largest absolute Gasteiger partial charge is 0.383 e. The summed E-state index contributed by atoms with van der Waals surface area (Å²) in [5, 5.41) is 4.18. The lowest BCUT2D eigenvalue weighted by Crippen LogP contribution is -2.14. The third-order valence-electron chi connectivity index (χ3n) is 2.33. The fraction of sp³-hybridized carbons (Fsp3) is 0.500.